The van der Waals surface area contributed by atoms with Gasteiger partial charge in [0, 0.05) is 17.9 Å². The van der Waals surface area contributed by atoms with Gasteiger partial charge in [0.25, 0.3) is 0 Å². The number of amides is 2. The molecule has 4 bridgehead atoms. The SMILES string of the molecule is O=C(CNC(=O)C12CC3CC(CC(C3)C1)C2)NCC(c1ccccc1)c1ccccc1. The van der Waals surface area contributed by atoms with Crippen molar-refractivity contribution in [3.8, 4) is 0 Å². The maximum absolute atomic E-state index is 13.1. The van der Waals surface area contributed by atoms with Crippen LogP contribution in [0.15, 0.2) is 60.7 Å². The van der Waals surface area contributed by atoms with Crippen LogP contribution in [0.1, 0.15) is 55.6 Å². The number of nitrogens with one attached hydrogen (secondary N) is 2. The highest BCUT2D eigenvalue weighted by Gasteiger charge is 2.54. The van der Waals surface area contributed by atoms with E-state index in [0.717, 1.165) is 37.0 Å². The molecule has 0 atom stereocenters. The van der Waals surface area contributed by atoms with Crippen LogP contribution in [0.5, 0.6) is 0 Å². The lowest BCUT2D eigenvalue weighted by Gasteiger charge is -2.55. The molecule has 0 radical (unpaired) electrons. The average molecular weight is 417 g/mol. The van der Waals surface area contributed by atoms with Crippen LogP contribution >= 0.6 is 0 Å². The lowest BCUT2D eigenvalue weighted by molar-refractivity contribution is -0.147. The Bertz CT molecular complexity index is 850. The number of rotatable bonds is 7. The smallest absolute Gasteiger partial charge is 0.239 e. The number of hydrogen-bond acceptors (Lipinski definition) is 2. The average Bonchev–Trinajstić information content (AvgIpc) is 2.78. The van der Waals surface area contributed by atoms with Gasteiger partial charge in [0.2, 0.25) is 11.8 Å². The molecule has 2 aromatic carbocycles. The fourth-order valence-corrected chi connectivity index (χ4v) is 6.81. The minimum atomic E-state index is -0.203. The van der Waals surface area contributed by atoms with E-state index >= 15 is 0 Å². The summed E-state index contributed by atoms with van der Waals surface area (Å²) >= 11 is 0. The third-order valence-corrected chi connectivity index (χ3v) is 7.84. The van der Waals surface area contributed by atoms with E-state index in [-0.39, 0.29) is 29.7 Å². The van der Waals surface area contributed by atoms with E-state index in [1.54, 1.807) is 0 Å². The van der Waals surface area contributed by atoms with Crippen LogP contribution in [0.2, 0.25) is 0 Å². The van der Waals surface area contributed by atoms with E-state index in [1.165, 1.54) is 30.4 Å². The first-order valence-electron chi connectivity index (χ1n) is 11.8. The summed E-state index contributed by atoms with van der Waals surface area (Å²) in [5.74, 6) is 2.26. The Kier molecular flexibility index (Phi) is 5.56. The molecular weight excluding hydrogens is 384 g/mol. The predicted octanol–water partition coefficient (Wildman–Crippen LogP) is 4.27. The van der Waals surface area contributed by atoms with Crippen LogP contribution in [0.4, 0.5) is 0 Å². The molecule has 6 rings (SSSR count). The highest BCUT2D eigenvalue weighted by molar-refractivity contribution is 5.88. The summed E-state index contributed by atoms with van der Waals surface area (Å²) in [7, 11) is 0. The molecule has 2 amide bonds. The minimum Gasteiger partial charge on any atom is -0.354 e. The van der Waals surface area contributed by atoms with E-state index in [2.05, 4.69) is 34.9 Å². The Hall–Kier alpha value is -2.62. The van der Waals surface area contributed by atoms with Crippen molar-refractivity contribution in [2.75, 3.05) is 13.1 Å². The van der Waals surface area contributed by atoms with Crippen molar-refractivity contribution in [3.05, 3.63) is 71.8 Å². The fourth-order valence-electron chi connectivity index (χ4n) is 6.81. The Labute approximate surface area is 184 Å². The van der Waals surface area contributed by atoms with Crippen LogP contribution < -0.4 is 10.6 Å². The van der Waals surface area contributed by atoms with E-state index in [0.29, 0.717) is 6.54 Å². The molecule has 4 saturated carbocycles. The zero-order chi connectivity index (χ0) is 21.3. The molecule has 0 spiro atoms. The van der Waals surface area contributed by atoms with Crippen molar-refractivity contribution in [1.82, 2.24) is 10.6 Å². The molecule has 0 aliphatic heterocycles. The van der Waals surface area contributed by atoms with Crippen LogP contribution in [0.25, 0.3) is 0 Å². The second-order valence-electron chi connectivity index (χ2n) is 10.1. The molecular formula is C27H32N2O2. The van der Waals surface area contributed by atoms with Crippen molar-refractivity contribution in [3.63, 3.8) is 0 Å². The van der Waals surface area contributed by atoms with E-state index in [9.17, 15) is 9.59 Å². The molecule has 162 valence electrons. The van der Waals surface area contributed by atoms with Gasteiger partial charge in [0.15, 0.2) is 0 Å². The van der Waals surface area contributed by atoms with Gasteiger partial charge in [-0.25, -0.2) is 0 Å². The van der Waals surface area contributed by atoms with Crippen molar-refractivity contribution < 1.29 is 9.59 Å². The molecule has 0 saturated heterocycles. The first kappa shape index (κ1) is 20.3. The minimum absolute atomic E-state index is 0.0664. The molecule has 2 N–H and O–H groups in total. The van der Waals surface area contributed by atoms with Crippen molar-refractivity contribution >= 4 is 11.8 Å². The first-order chi connectivity index (χ1) is 15.1. The third kappa shape index (κ3) is 4.26. The zero-order valence-electron chi connectivity index (χ0n) is 18.1. The number of hydrogen-bond donors (Lipinski definition) is 2. The molecule has 4 aliphatic carbocycles. The van der Waals surface area contributed by atoms with Crippen molar-refractivity contribution in [2.24, 2.45) is 23.2 Å². The van der Waals surface area contributed by atoms with E-state index in [4.69, 9.17) is 0 Å². The Morgan fingerprint density at radius 1 is 0.774 bits per heavy atom. The van der Waals surface area contributed by atoms with Crippen LogP contribution in [-0.4, -0.2) is 24.9 Å². The van der Waals surface area contributed by atoms with Gasteiger partial charge in [-0.05, 0) is 67.4 Å². The van der Waals surface area contributed by atoms with Gasteiger partial charge in [-0.2, -0.15) is 0 Å². The summed E-state index contributed by atoms with van der Waals surface area (Å²) in [6.07, 6.45) is 7.01. The van der Waals surface area contributed by atoms with Crippen LogP contribution in [0, 0.1) is 23.2 Å². The second kappa shape index (κ2) is 8.49. The van der Waals surface area contributed by atoms with Gasteiger partial charge < -0.3 is 10.6 Å². The van der Waals surface area contributed by atoms with E-state index < -0.39 is 0 Å². The lowest BCUT2D eigenvalue weighted by atomic mass is 9.49. The second-order valence-corrected chi connectivity index (χ2v) is 10.1. The van der Waals surface area contributed by atoms with Crippen molar-refractivity contribution in [2.45, 2.75) is 44.4 Å². The molecule has 31 heavy (non-hydrogen) atoms. The van der Waals surface area contributed by atoms with Gasteiger partial charge >= 0.3 is 0 Å². The fraction of sp³-hybridized carbons (Fsp3) is 0.481. The summed E-state index contributed by atoms with van der Waals surface area (Å²) in [4.78, 5) is 25.7. The zero-order valence-corrected chi connectivity index (χ0v) is 18.1. The number of carbonyl (C=O) groups is 2. The molecule has 4 nitrogen and oxygen atoms in total. The maximum atomic E-state index is 13.1. The summed E-state index contributed by atoms with van der Waals surface area (Å²) in [6, 6.07) is 20.5. The van der Waals surface area contributed by atoms with Crippen LogP contribution in [0.3, 0.4) is 0 Å². The van der Waals surface area contributed by atoms with Crippen molar-refractivity contribution in [1.29, 1.82) is 0 Å². The topological polar surface area (TPSA) is 58.2 Å². The highest BCUT2D eigenvalue weighted by atomic mass is 16.2. The third-order valence-electron chi connectivity index (χ3n) is 7.84. The monoisotopic (exact) mass is 416 g/mol. The molecule has 4 fully saturated rings. The Balaban J connectivity index is 1.18. The predicted molar refractivity (Wildman–Crippen MR) is 121 cm³/mol. The Morgan fingerprint density at radius 2 is 1.26 bits per heavy atom. The summed E-state index contributed by atoms with van der Waals surface area (Å²) in [6.45, 7) is 0.580. The maximum Gasteiger partial charge on any atom is 0.239 e. The first-order valence-corrected chi connectivity index (χ1v) is 11.8. The van der Waals surface area contributed by atoms with Crippen LogP contribution in [-0.2, 0) is 9.59 Å². The standard InChI is InChI=1S/C27H32N2O2/c30-25(18-29-26(31)27-14-19-11-20(15-27)13-21(12-19)16-27)28-17-24(22-7-3-1-4-8-22)23-9-5-2-6-10-23/h1-10,19-21,24H,11-18H2,(H,28,30)(H,29,31). The Morgan fingerprint density at radius 3 is 1.74 bits per heavy atom. The number of benzene rings is 2. The molecule has 0 aromatic heterocycles. The van der Waals surface area contributed by atoms with Gasteiger partial charge in [-0.1, -0.05) is 60.7 Å². The normalized spacial score (nSPS) is 28.5. The molecule has 0 unspecified atom stereocenters. The summed E-state index contributed by atoms with van der Waals surface area (Å²) in [5, 5.41) is 6.05. The number of carbonyl (C=O) groups excluding carboxylic acids is 2. The van der Waals surface area contributed by atoms with Gasteiger partial charge in [0.05, 0.1) is 6.54 Å². The largest absolute Gasteiger partial charge is 0.354 e. The molecule has 2 aromatic rings. The van der Waals surface area contributed by atoms with Gasteiger partial charge in [-0.15, -0.1) is 0 Å². The highest BCUT2D eigenvalue weighted by Crippen LogP contribution is 2.60. The quantitative estimate of drug-likeness (QED) is 0.708. The molecule has 4 aliphatic rings. The van der Waals surface area contributed by atoms with Gasteiger partial charge in [0.1, 0.15) is 0 Å². The summed E-state index contributed by atoms with van der Waals surface area (Å²) in [5.41, 5.74) is 2.14. The molecule has 0 heterocycles. The van der Waals surface area contributed by atoms with E-state index in [1.807, 2.05) is 36.4 Å². The lowest BCUT2D eigenvalue weighted by Crippen LogP contribution is -2.54. The molecule has 4 heteroatoms. The summed E-state index contributed by atoms with van der Waals surface area (Å²) < 4.78 is 0. The van der Waals surface area contributed by atoms with Gasteiger partial charge in [-0.3, -0.25) is 9.59 Å².